The van der Waals surface area contributed by atoms with Crippen LogP contribution >= 0.6 is 0 Å². The standard InChI is InChI=1S/C28H28FN7O/c1-3-25(37)33-21-6-4-5-18(15-21)26-23(29)9-7-19-16-31-28(35-27(19)26)34-22-8-10-24(30-17-22)32-20-11-13-36(2)14-12-20/h3-10,15-17,20H,1,11-14H2,2H3,(H,30,32)(H,33,37)(H,31,34,35). The van der Waals surface area contributed by atoms with Crippen LogP contribution in [0.2, 0.25) is 0 Å². The number of benzene rings is 2. The topological polar surface area (TPSA) is 95.1 Å². The third kappa shape index (κ3) is 5.73. The van der Waals surface area contributed by atoms with Gasteiger partial charge in [-0.25, -0.2) is 19.3 Å². The van der Waals surface area contributed by atoms with E-state index in [1.165, 1.54) is 12.1 Å². The molecule has 4 aromatic rings. The first-order valence-electron chi connectivity index (χ1n) is 12.2. The molecule has 0 atom stereocenters. The number of carbonyl (C=O) groups excluding carboxylic acids is 1. The summed E-state index contributed by atoms with van der Waals surface area (Å²) >= 11 is 0. The number of nitrogens with zero attached hydrogens (tertiary/aromatic N) is 4. The lowest BCUT2D eigenvalue weighted by molar-refractivity contribution is -0.111. The lowest BCUT2D eigenvalue weighted by Crippen LogP contribution is -2.36. The van der Waals surface area contributed by atoms with Crippen molar-refractivity contribution >= 4 is 40.0 Å². The predicted octanol–water partition coefficient (Wildman–Crippen LogP) is 5.21. The van der Waals surface area contributed by atoms with E-state index in [-0.39, 0.29) is 5.91 Å². The van der Waals surface area contributed by atoms with E-state index in [1.807, 2.05) is 12.1 Å². The number of fused-ring (bicyclic) bond motifs is 1. The van der Waals surface area contributed by atoms with Gasteiger partial charge in [-0.1, -0.05) is 18.7 Å². The first-order valence-corrected chi connectivity index (χ1v) is 12.2. The average molecular weight is 498 g/mol. The number of pyridine rings is 1. The number of halogens is 1. The molecular weight excluding hydrogens is 469 g/mol. The molecule has 0 saturated carbocycles. The molecule has 0 bridgehead atoms. The van der Waals surface area contributed by atoms with Crippen LogP contribution in [0.5, 0.6) is 0 Å². The van der Waals surface area contributed by atoms with Crippen LogP contribution in [-0.2, 0) is 4.79 Å². The number of carbonyl (C=O) groups is 1. The number of likely N-dealkylation sites (tertiary alicyclic amines) is 1. The second kappa shape index (κ2) is 10.7. The van der Waals surface area contributed by atoms with E-state index in [0.717, 1.165) is 37.4 Å². The number of amides is 1. The highest BCUT2D eigenvalue weighted by atomic mass is 19.1. The van der Waals surface area contributed by atoms with E-state index < -0.39 is 5.82 Å². The van der Waals surface area contributed by atoms with Crippen molar-refractivity contribution in [2.75, 3.05) is 36.1 Å². The zero-order valence-corrected chi connectivity index (χ0v) is 20.5. The Morgan fingerprint density at radius 1 is 1.08 bits per heavy atom. The summed E-state index contributed by atoms with van der Waals surface area (Å²) in [5.74, 6) is 0.390. The molecule has 3 heterocycles. The van der Waals surface area contributed by atoms with Crippen LogP contribution in [0.15, 0.2) is 73.6 Å². The monoisotopic (exact) mass is 497 g/mol. The van der Waals surface area contributed by atoms with E-state index in [2.05, 4.69) is 49.4 Å². The summed E-state index contributed by atoms with van der Waals surface area (Å²) in [7, 11) is 2.14. The zero-order valence-electron chi connectivity index (χ0n) is 20.5. The number of piperidine rings is 1. The summed E-state index contributed by atoms with van der Waals surface area (Å²) in [6, 6.07) is 14.3. The summed E-state index contributed by atoms with van der Waals surface area (Å²) < 4.78 is 15.1. The summed E-state index contributed by atoms with van der Waals surface area (Å²) in [6.07, 6.45) is 6.74. The number of hydrogen-bond donors (Lipinski definition) is 3. The van der Waals surface area contributed by atoms with Crippen LogP contribution in [-0.4, -0.2) is 51.9 Å². The Morgan fingerprint density at radius 2 is 1.92 bits per heavy atom. The molecule has 1 aliphatic rings. The smallest absolute Gasteiger partial charge is 0.247 e. The minimum absolute atomic E-state index is 0.327. The van der Waals surface area contributed by atoms with Gasteiger partial charge in [0.15, 0.2) is 0 Å². The molecule has 1 aliphatic heterocycles. The molecule has 9 heteroatoms. The van der Waals surface area contributed by atoms with Crippen LogP contribution in [0, 0.1) is 5.82 Å². The lowest BCUT2D eigenvalue weighted by atomic mass is 10.0. The van der Waals surface area contributed by atoms with Crippen LogP contribution in [0.4, 0.5) is 27.5 Å². The minimum atomic E-state index is -0.421. The van der Waals surface area contributed by atoms with Crippen molar-refractivity contribution in [3.63, 3.8) is 0 Å². The number of aromatic nitrogens is 3. The largest absolute Gasteiger partial charge is 0.367 e. The fourth-order valence-corrected chi connectivity index (χ4v) is 4.40. The minimum Gasteiger partial charge on any atom is -0.367 e. The molecule has 0 spiro atoms. The Labute approximate surface area is 214 Å². The predicted molar refractivity (Wildman–Crippen MR) is 145 cm³/mol. The third-order valence-electron chi connectivity index (χ3n) is 6.40. The van der Waals surface area contributed by atoms with E-state index in [0.29, 0.717) is 39.7 Å². The highest BCUT2D eigenvalue weighted by Gasteiger charge is 2.17. The van der Waals surface area contributed by atoms with Crippen molar-refractivity contribution in [2.45, 2.75) is 18.9 Å². The maximum Gasteiger partial charge on any atom is 0.247 e. The maximum atomic E-state index is 15.1. The zero-order chi connectivity index (χ0) is 25.8. The second-order valence-corrected chi connectivity index (χ2v) is 9.11. The number of nitrogens with one attached hydrogen (secondary N) is 3. The Balaban J connectivity index is 1.38. The summed E-state index contributed by atoms with van der Waals surface area (Å²) in [5.41, 5.74) is 2.62. The molecule has 8 nitrogen and oxygen atoms in total. The summed E-state index contributed by atoms with van der Waals surface area (Å²) in [5, 5.41) is 10.1. The van der Waals surface area contributed by atoms with Gasteiger partial charge in [-0.3, -0.25) is 4.79 Å². The van der Waals surface area contributed by atoms with Gasteiger partial charge in [-0.05, 0) is 81.0 Å². The van der Waals surface area contributed by atoms with Crippen LogP contribution < -0.4 is 16.0 Å². The van der Waals surface area contributed by atoms with Gasteiger partial charge in [-0.15, -0.1) is 0 Å². The van der Waals surface area contributed by atoms with Crippen molar-refractivity contribution in [2.24, 2.45) is 0 Å². The molecular formula is C28H28FN7O. The number of hydrogen-bond acceptors (Lipinski definition) is 7. The SMILES string of the molecule is C=CC(=O)Nc1cccc(-c2c(F)ccc3cnc(Nc4ccc(NC5CCN(C)CC5)nc4)nc23)c1. The van der Waals surface area contributed by atoms with Gasteiger partial charge < -0.3 is 20.9 Å². The van der Waals surface area contributed by atoms with E-state index in [9.17, 15) is 4.79 Å². The molecule has 0 aliphatic carbocycles. The van der Waals surface area contributed by atoms with E-state index >= 15 is 4.39 Å². The molecule has 188 valence electrons. The van der Waals surface area contributed by atoms with Gasteiger partial charge in [-0.2, -0.15) is 0 Å². The Morgan fingerprint density at radius 3 is 2.68 bits per heavy atom. The molecule has 1 saturated heterocycles. The number of anilines is 4. The third-order valence-corrected chi connectivity index (χ3v) is 6.40. The van der Waals surface area contributed by atoms with Crippen molar-refractivity contribution in [1.29, 1.82) is 0 Å². The summed E-state index contributed by atoms with van der Waals surface area (Å²) in [4.78, 5) is 27.6. The van der Waals surface area contributed by atoms with E-state index in [4.69, 9.17) is 0 Å². The fraction of sp³-hybridized carbons (Fsp3) is 0.214. The van der Waals surface area contributed by atoms with Crippen molar-refractivity contribution in [1.82, 2.24) is 19.9 Å². The lowest BCUT2D eigenvalue weighted by Gasteiger charge is -2.29. The van der Waals surface area contributed by atoms with E-state index in [1.54, 1.807) is 42.7 Å². The van der Waals surface area contributed by atoms with Gasteiger partial charge in [0.2, 0.25) is 11.9 Å². The Hall–Kier alpha value is -4.37. The van der Waals surface area contributed by atoms with Gasteiger partial charge >= 0.3 is 0 Å². The molecule has 0 radical (unpaired) electrons. The first kappa shape index (κ1) is 24.3. The van der Waals surface area contributed by atoms with Crippen molar-refractivity contribution in [3.05, 3.63) is 79.4 Å². The normalized spacial score (nSPS) is 14.3. The number of rotatable bonds is 7. The molecule has 0 unspecified atom stereocenters. The van der Waals surface area contributed by atoms with Crippen LogP contribution in [0.25, 0.3) is 22.0 Å². The Bertz CT molecular complexity index is 1430. The molecule has 1 fully saturated rings. The highest BCUT2D eigenvalue weighted by molar-refractivity contribution is 6.00. The van der Waals surface area contributed by atoms with Crippen LogP contribution in [0.1, 0.15) is 12.8 Å². The second-order valence-electron chi connectivity index (χ2n) is 9.11. The molecule has 37 heavy (non-hydrogen) atoms. The average Bonchev–Trinajstić information content (AvgIpc) is 2.91. The van der Waals surface area contributed by atoms with Gasteiger partial charge in [0.1, 0.15) is 11.6 Å². The molecule has 3 N–H and O–H groups in total. The van der Waals surface area contributed by atoms with Crippen LogP contribution in [0.3, 0.4) is 0 Å². The molecule has 2 aromatic carbocycles. The summed E-state index contributed by atoms with van der Waals surface area (Å²) in [6.45, 7) is 5.62. The molecule has 1 amide bonds. The fourth-order valence-electron chi connectivity index (χ4n) is 4.40. The Kier molecular flexibility index (Phi) is 7.04. The highest BCUT2D eigenvalue weighted by Crippen LogP contribution is 2.32. The molecule has 2 aromatic heterocycles. The van der Waals surface area contributed by atoms with Crippen molar-refractivity contribution in [3.8, 4) is 11.1 Å². The van der Waals surface area contributed by atoms with Crippen molar-refractivity contribution < 1.29 is 9.18 Å². The van der Waals surface area contributed by atoms with Gasteiger partial charge in [0, 0.05) is 28.9 Å². The van der Waals surface area contributed by atoms with Gasteiger partial charge in [0.05, 0.1) is 17.4 Å². The molecule has 5 rings (SSSR count). The van der Waals surface area contributed by atoms with Gasteiger partial charge in [0.25, 0.3) is 0 Å². The quantitative estimate of drug-likeness (QED) is 0.302. The first-order chi connectivity index (χ1) is 18.0. The maximum absolute atomic E-state index is 15.1.